The van der Waals surface area contributed by atoms with Crippen LogP contribution in [-0.2, 0) is 29.8 Å². The first kappa shape index (κ1) is 47.7. The van der Waals surface area contributed by atoms with Crippen molar-refractivity contribution in [2.45, 2.75) is 83.9 Å². The zero-order chi connectivity index (χ0) is 47.7. The number of aliphatic hydroxyl groups is 1. The topological polar surface area (TPSA) is 181 Å². The van der Waals surface area contributed by atoms with Crippen molar-refractivity contribution < 1.29 is 33.2 Å². The van der Waals surface area contributed by atoms with Gasteiger partial charge in [-0.15, -0.1) is 0 Å². The number of hydrogen-bond acceptors (Lipinski definition) is 12. The molecule has 0 radical (unpaired) electrons. The van der Waals surface area contributed by atoms with Gasteiger partial charge in [0.15, 0.2) is 12.4 Å². The number of aliphatic imine (C=N–C) groups is 1. The number of para-hydroxylation sites is 1. The number of carbonyl (C=O) groups excluding carboxylic acids is 2. The number of benzene rings is 4. The van der Waals surface area contributed by atoms with Crippen molar-refractivity contribution in [1.82, 2.24) is 14.2 Å². The van der Waals surface area contributed by atoms with Crippen molar-refractivity contribution in [2.24, 2.45) is 4.99 Å². The monoisotopic (exact) mass is 933 g/mol. The van der Waals surface area contributed by atoms with Crippen molar-refractivity contribution in [2.75, 3.05) is 30.0 Å². The Balaban J connectivity index is 1.09. The largest absolute Gasteiger partial charge is 0.484 e. The molecule has 2 amide bonds. The third kappa shape index (κ3) is 10.8. The predicted octanol–water partition coefficient (Wildman–Crippen LogP) is 7.75. The summed E-state index contributed by atoms with van der Waals surface area (Å²) in [7, 11) is -1.69. The summed E-state index contributed by atoms with van der Waals surface area (Å²) in [5.41, 5.74) is 4.67. The standard InChI is InChI=1S/C52H52N7O8P/c1-34(2)59(35(3)4)68(65-28-14-27-53)67-43-30-47(66-44(43)32-60)57-31-40(50(56-52(57)63)55-46(61)33-64-41-19-12-7-13-20-41)23-21-36-22-25-42-39(29-36)24-26-45-54-49(51(62)58(42)45)48(37-15-8-5-9-16-37)38-17-10-6-11-18-38/h5-13,15-20,22,25,29,31,34-35,43-44,47,60H,14,24,26,28,30,32-33H2,1-4H3,(H,55,56,61,63)/t43-,44+,47+,68?/m0/s1. The van der Waals surface area contributed by atoms with Gasteiger partial charge in [0, 0.05) is 42.3 Å². The average molecular weight is 934 g/mol. The van der Waals surface area contributed by atoms with Crippen LogP contribution in [0.5, 0.6) is 5.75 Å². The molecule has 1 aromatic heterocycles. The first-order chi connectivity index (χ1) is 33.0. The van der Waals surface area contributed by atoms with Crippen molar-refractivity contribution in [3.8, 4) is 23.7 Å². The SMILES string of the molecule is CC(C)N(C(C)C)P(OCCC#N)O[C@H]1C[C@H](n2cc(C#Cc3ccc4c(c3)CCC3=NC(=C(c5ccccc5)c5ccccc5)C(=O)N34)c(NC(=O)COc3ccccc3)nc2=O)O[C@@H]1CO. The smallest absolute Gasteiger partial charge is 0.351 e. The van der Waals surface area contributed by atoms with Gasteiger partial charge in [-0.2, -0.15) is 10.2 Å². The van der Waals surface area contributed by atoms with Crippen LogP contribution in [0.25, 0.3) is 5.57 Å². The fraction of sp³-hybridized carbons (Fsp3) is 0.308. The Labute approximate surface area is 396 Å². The number of aliphatic hydroxyl groups excluding tert-OH is 1. The molecule has 15 nitrogen and oxygen atoms in total. The summed E-state index contributed by atoms with van der Waals surface area (Å²) in [5.74, 6) is 6.65. The third-order valence-corrected chi connectivity index (χ3v) is 13.6. The highest BCUT2D eigenvalue weighted by molar-refractivity contribution is 7.44. The van der Waals surface area contributed by atoms with Gasteiger partial charge in [-0.3, -0.25) is 19.1 Å². The maximum atomic E-state index is 14.4. The number of ether oxygens (including phenoxy) is 2. The first-order valence-corrected chi connectivity index (χ1v) is 23.7. The van der Waals surface area contributed by atoms with E-state index in [1.165, 1.54) is 10.8 Å². The zero-order valence-corrected chi connectivity index (χ0v) is 39.1. The molecule has 68 heavy (non-hydrogen) atoms. The molecule has 5 aromatic rings. The molecule has 8 rings (SSSR count). The summed E-state index contributed by atoms with van der Waals surface area (Å²) in [5, 5.41) is 22.4. The van der Waals surface area contributed by atoms with Crippen LogP contribution < -0.4 is 20.6 Å². The summed E-state index contributed by atoms with van der Waals surface area (Å²) in [6.45, 7) is 7.51. The number of aromatic nitrogens is 2. The molecule has 3 aliphatic heterocycles. The number of aryl methyl sites for hydroxylation is 1. The second-order valence-corrected chi connectivity index (χ2v) is 18.2. The van der Waals surface area contributed by atoms with Crippen LogP contribution in [0.3, 0.4) is 0 Å². The number of hydrogen-bond donors (Lipinski definition) is 2. The van der Waals surface area contributed by atoms with E-state index in [1.807, 2.05) is 113 Å². The fourth-order valence-corrected chi connectivity index (χ4v) is 10.2. The Morgan fingerprint density at radius 2 is 1.62 bits per heavy atom. The molecule has 4 aromatic carbocycles. The van der Waals surface area contributed by atoms with Gasteiger partial charge in [-0.1, -0.05) is 90.7 Å². The van der Waals surface area contributed by atoms with Crippen LogP contribution in [-0.4, -0.2) is 81.1 Å². The van der Waals surface area contributed by atoms with Gasteiger partial charge in [-0.05, 0) is 81.1 Å². The Hall–Kier alpha value is -6.81. The van der Waals surface area contributed by atoms with E-state index in [0.717, 1.165) is 28.0 Å². The number of fused-ring (bicyclic) bond motifs is 3. The molecule has 4 heterocycles. The molecule has 0 spiro atoms. The number of carbonyl (C=O) groups is 2. The van der Waals surface area contributed by atoms with Gasteiger partial charge < -0.3 is 28.9 Å². The van der Waals surface area contributed by atoms with E-state index in [0.29, 0.717) is 35.7 Å². The molecule has 1 saturated heterocycles. The van der Waals surface area contributed by atoms with Crippen LogP contribution in [0.1, 0.15) is 81.0 Å². The highest BCUT2D eigenvalue weighted by Crippen LogP contribution is 2.50. The molecule has 348 valence electrons. The lowest BCUT2D eigenvalue weighted by molar-refractivity contribution is -0.118. The quantitative estimate of drug-likeness (QED) is 0.0428. The maximum Gasteiger partial charge on any atom is 0.351 e. The third-order valence-electron chi connectivity index (χ3n) is 11.4. The molecule has 0 saturated carbocycles. The van der Waals surface area contributed by atoms with E-state index in [9.17, 15) is 24.8 Å². The molecule has 3 aliphatic rings. The normalized spacial score (nSPS) is 17.8. The van der Waals surface area contributed by atoms with Crippen LogP contribution in [0, 0.1) is 23.2 Å². The number of nitrogens with zero attached hydrogens (tertiary/aromatic N) is 6. The molecule has 1 unspecified atom stereocenters. The second-order valence-electron chi connectivity index (χ2n) is 16.8. The molecule has 2 N–H and O–H groups in total. The number of nitriles is 1. The van der Waals surface area contributed by atoms with Gasteiger partial charge >= 0.3 is 5.69 Å². The Morgan fingerprint density at radius 3 is 2.26 bits per heavy atom. The van der Waals surface area contributed by atoms with Gasteiger partial charge in [0.1, 0.15) is 29.6 Å². The first-order valence-electron chi connectivity index (χ1n) is 22.6. The number of rotatable bonds is 16. The van der Waals surface area contributed by atoms with Crippen molar-refractivity contribution >= 4 is 43.3 Å². The van der Waals surface area contributed by atoms with Crippen LogP contribution in [0.15, 0.2) is 131 Å². The van der Waals surface area contributed by atoms with Crippen LogP contribution in [0.2, 0.25) is 0 Å². The number of anilines is 2. The van der Waals surface area contributed by atoms with E-state index in [1.54, 1.807) is 29.2 Å². The second kappa shape index (κ2) is 21.9. The molecule has 0 bridgehead atoms. The fourth-order valence-electron chi connectivity index (χ4n) is 8.40. The van der Waals surface area contributed by atoms with Crippen molar-refractivity contribution in [3.63, 3.8) is 0 Å². The van der Waals surface area contributed by atoms with Gasteiger partial charge in [0.2, 0.25) is 0 Å². The van der Waals surface area contributed by atoms with E-state index < -0.39 is 45.2 Å². The predicted molar refractivity (Wildman–Crippen MR) is 259 cm³/mol. The van der Waals surface area contributed by atoms with Gasteiger partial charge in [0.25, 0.3) is 20.3 Å². The molecule has 1 fully saturated rings. The van der Waals surface area contributed by atoms with E-state index in [-0.39, 0.29) is 55.4 Å². The van der Waals surface area contributed by atoms with Gasteiger partial charge in [0.05, 0.1) is 43.1 Å². The summed E-state index contributed by atoms with van der Waals surface area (Å²) in [4.78, 5) is 52.4. The van der Waals surface area contributed by atoms with E-state index in [2.05, 4.69) is 32.9 Å². The molecule has 16 heteroatoms. The number of nitrogens with one attached hydrogen (secondary N) is 1. The lowest BCUT2D eigenvalue weighted by Crippen LogP contribution is -2.36. The number of amidine groups is 1. The Bertz CT molecular complexity index is 2810. The summed E-state index contributed by atoms with van der Waals surface area (Å²) < 4.78 is 27.9. The van der Waals surface area contributed by atoms with E-state index >= 15 is 0 Å². The molecule has 0 aliphatic carbocycles. The Kier molecular flexibility index (Phi) is 15.3. The average Bonchev–Trinajstić information content (AvgIpc) is 3.91. The highest BCUT2D eigenvalue weighted by atomic mass is 31.2. The zero-order valence-electron chi connectivity index (χ0n) is 38.2. The molecular weight excluding hydrogens is 882 g/mol. The molecular formula is C52H52N7O8P. The number of amides is 2. The highest BCUT2D eigenvalue weighted by Gasteiger charge is 2.42. The molecule has 4 atom stereocenters. The summed E-state index contributed by atoms with van der Waals surface area (Å²) >= 11 is 0. The maximum absolute atomic E-state index is 14.4. The minimum Gasteiger partial charge on any atom is -0.484 e. The van der Waals surface area contributed by atoms with Crippen molar-refractivity contribution in [1.29, 1.82) is 5.26 Å². The minimum atomic E-state index is -1.69. The van der Waals surface area contributed by atoms with Crippen LogP contribution in [0.4, 0.5) is 11.5 Å². The lowest BCUT2D eigenvalue weighted by Gasteiger charge is -2.37. The van der Waals surface area contributed by atoms with Gasteiger partial charge in [-0.25, -0.2) is 14.5 Å². The lowest BCUT2D eigenvalue weighted by atomic mass is 9.95. The summed E-state index contributed by atoms with van der Waals surface area (Å²) in [6, 6.07) is 36.2. The van der Waals surface area contributed by atoms with Crippen molar-refractivity contribution in [3.05, 3.63) is 159 Å². The van der Waals surface area contributed by atoms with E-state index in [4.69, 9.17) is 23.5 Å². The van der Waals surface area contributed by atoms with Crippen LogP contribution >= 0.6 is 8.53 Å². The Morgan fingerprint density at radius 1 is 0.941 bits per heavy atom. The minimum absolute atomic E-state index is 0.0370. The summed E-state index contributed by atoms with van der Waals surface area (Å²) in [6.07, 6.45) is 0.532.